The van der Waals surface area contributed by atoms with Crippen LogP contribution in [0.3, 0.4) is 0 Å². The molecular formula is C14H13NO. The van der Waals surface area contributed by atoms with Crippen LogP contribution in [0.25, 0.3) is 21.7 Å². The zero-order valence-electron chi connectivity index (χ0n) is 9.16. The molecule has 80 valence electrons. The number of hydrogen-bond donors (Lipinski definition) is 1. The molecule has 0 aliphatic heterocycles. The highest BCUT2D eigenvalue weighted by Crippen LogP contribution is 2.31. The van der Waals surface area contributed by atoms with Gasteiger partial charge in [0, 0.05) is 10.8 Å². The molecule has 3 aromatic rings. The minimum Gasteiger partial charge on any atom is -0.459 e. The first kappa shape index (κ1) is 9.43. The minimum absolute atomic E-state index is 0.453. The molecule has 0 fully saturated rings. The Labute approximate surface area is 93.7 Å². The number of nitrogens with two attached hydrogens (primary N) is 1. The number of furan rings is 1. The first-order valence-corrected chi connectivity index (χ1v) is 5.41. The average Bonchev–Trinajstić information content (AvgIpc) is 2.67. The van der Waals surface area contributed by atoms with E-state index in [1.807, 2.05) is 12.1 Å². The van der Waals surface area contributed by atoms with E-state index < -0.39 is 0 Å². The first-order chi connectivity index (χ1) is 7.81. The molecule has 0 aliphatic carbocycles. The van der Waals surface area contributed by atoms with Gasteiger partial charge in [0.05, 0.1) is 6.54 Å². The number of hydrogen-bond acceptors (Lipinski definition) is 2. The Balaban J connectivity index is 2.51. The van der Waals surface area contributed by atoms with Crippen LogP contribution in [0, 0.1) is 6.92 Å². The van der Waals surface area contributed by atoms with Crippen molar-refractivity contribution in [1.29, 1.82) is 0 Å². The maximum Gasteiger partial charge on any atom is 0.142 e. The van der Waals surface area contributed by atoms with E-state index in [1.54, 1.807) is 0 Å². The average molecular weight is 211 g/mol. The summed E-state index contributed by atoms with van der Waals surface area (Å²) in [5.41, 5.74) is 7.78. The highest BCUT2D eigenvalue weighted by Gasteiger charge is 2.11. The summed E-state index contributed by atoms with van der Waals surface area (Å²) in [6.07, 6.45) is 0. The Morgan fingerprint density at radius 1 is 1.06 bits per heavy atom. The Morgan fingerprint density at radius 2 is 1.88 bits per heavy atom. The van der Waals surface area contributed by atoms with E-state index in [9.17, 15) is 0 Å². The van der Waals surface area contributed by atoms with E-state index in [2.05, 4.69) is 31.2 Å². The van der Waals surface area contributed by atoms with Crippen molar-refractivity contribution in [3.8, 4) is 0 Å². The van der Waals surface area contributed by atoms with Crippen LogP contribution in [0.2, 0.25) is 0 Å². The third kappa shape index (κ3) is 1.17. The summed E-state index contributed by atoms with van der Waals surface area (Å²) >= 11 is 0. The summed E-state index contributed by atoms with van der Waals surface area (Å²) in [5.74, 6) is 0.881. The SMILES string of the molecule is Cc1c(CN)oc2c1ccc1ccccc12. The molecule has 3 rings (SSSR count). The molecule has 2 heteroatoms. The van der Waals surface area contributed by atoms with Gasteiger partial charge in [-0.1, -0.05) is 36.4 Å². The van der Waals surface area contributed by atoms with Crippen LogP contribution in [0.5, 0.6) is 0 Å². The Hall–Kier alpha value is -1.80. The molecule has 16 heavy (non-hydrogen) atoms. The number of benzene rings is 2. The van der Waals surface area contributed by atoms with Crippen molar-refractivity contribution in [2.24, 2.45) is 5.73 Å². The molecule has 0 bridgehead atoms. The molecular weight excluding hydrogens is 198 g/mol. The van der Waals surface area contributed by atoms with Gasteiger partial charge >= 0.3 is 0 Å². The predicted molar refractivity (Wildman–Crippen MR) is 66.3 cm³/mol. The molecule has 1 heterocycles. The fourth-order valence-electron chi connectivity index (χ4n) is 2.19. The van der Waals surface area contributed by atoms with Crippen molar-refractivity contribution < 1.29 is 4.42 Å². The topological polar surface area (TPSA) is 39.2 Å². The van der Waals surface area contributed by atoms with Crippen molar-refractivity contribution in [2.75, 3.05) is 0 Å². The van der Waals surface area contributed by atoms with Crippen LogP contribution >= 0.6 is 0 Å². The van der Waals surface area contributed by atoms with Gasteiger partial charge in [-0.15, -0.1) is 0 Å². The van der Waals surface area contributed by atoms with Gasteiger partial charge in [0.15, 0.2) is 0 Å². The van der Waals surface area contributed by atoms with E-state index in [0.29, 0.717) is 6.54 Å². The van der Waals surface area contributed by atoms with Crippen molar-refractivity contribution in [3.63, 3.8) is 0 Å². The van der Waals surface area contributed by atoms with E-state index in [0.717, 1.165) is 22.3 Å². The summed E-state index contributed by atoms with van der Waals surface area (Å²) in [7, 11) is 0. The van der Waals surface area contributed by atoms with Crippen LogP contribution < -0.4 is 5.73 Å². The lowest BCUT2D eigenvalue weighted by molar-refractivity contribution is 0.551. The van der Waals surface area contributed by atoms with Gasteiger partial charge in [0.2, 0.25) is 0 Å². The van der Waals surface area contributed by atoms with Crippen LogP contribution in [0.4, 0.5) is 0 Å². The van der Waals surface area contributed by atoms with Crippen molar-refractivity contribution >= 4 is 21.7 Å². The van der Waals surface area contributed by atoms with Crippen LogP contribution in [0.1, 0.15) is 11.3 Å². The van der Waals surface area contributed by atoms with Crippen molar-refractivity contribution in [1.82, 2.24) is 0 Å². The molecule has 0 amide bonds. The van der Waals surface area contributed by atoms with Crippen LogP contribution in [-0.2, 0) is 6.54 Å². The monoisotopic (exact) mass is 211 g/mol. The molecule has 2 nitrogen and oxygen atoms in total. The molecule has 0 unspecified atom stereocenters. The second kappa shape index (κ2) is 3.35. The molecule has 0 radical (unpaired) electrons. The number of aryl methyl sites for hydroxylation is 1. The van der Waals surface area contributed by atoms with Gasteiger partial charge in [-0.05, 0) is 17.9 Å². The summed E-state index contributed by atoms with van der Waals surface area (Å²) in [4.78, 5) is 0. The highest BCUT2D eigenvalue weighted by atomic mass is 16.3. The van der Waals surface area contributed by atoms with Crippen molar-refractivity contribution in [3.05, 3.63) is 47.7 Å². The Morgan fingerprint density at radius 3 is 2.69 bits per heavy atom. The smallest absolute Gasteiger partial charge is 0.142 e. The molecule has 0 saturated heterocycles. The van der Waals surface area contributed by atoms with E-state index >= 15 is 0 Å². The highest BCUT2D eigenvalue weighted by molar-refractivity contribution is 6.05. The van der Waals surface area contributed by atoms with Gasteiger partial charge in [-0.25, -0.2) is 0 Å². The Bertz CT molecular complexity index is 667. The predicted octanol–water partition coefficient (Wildman–Crippen LogP) is 3.35. The first-order valence-electron chi connectivity index (χ1n) is 5.41. The van der Waals surface area contributed by atoms with E-state index in [4.69, 9.17) is 10.2 Å². The minimum atomic E-state index is 0.453. The lowest BCUT2D eigenvalue weighted by Crippen LogP contribution is -1.95. The molecule has 2 aromatic carbocycles. The number of rotatable bonds is 1. The largest absolute Gasteiger partial charge is 0.459 e. The number of fused-ring (bicyclic) bond motifs is 3. The fourth-order valence-corrected chi connectivity index (χ4v) is 2.19. The molecule has 0 aliphatic rings. The standard InChI is InChI=1S/C14H13NO/c1-9-11-7-6-10-4-2-3-5-12(10)14(11)16-13(9)8-15/h2-7H,8,15H2,1H3. The van der Waals surface area contributed by atoms with E-state index in [1.165, 1.54) is 10.8 Å². The molecule has 2 N–H and O–H groups in total. The third-order valence-electron chi connectivity index (χ3n) is 3.11. The van der Waals surface area contributed by atoms with E-state index in [-0.39, 0.29) is 0 Å². The lowest BCUT2D eigenvalue weighted by atomic mass is 10.1. The molecule has 0 saturated carbocycles. The summed E-state index contributed by atoms with van der Waals surface area (Å²) in [6, 6.07) is 12.5. The van der Waals surface area contributed by atoms with Crippen LogP contribution in [0.15, 0.2) is 40.8 Å². The molecule has 1 aromatic heterocycles. The zero-order chi connectivity index (χ0) is 11.1. The fraction of sp³-hybridized carbons (Fsp3) is 0.143. The maximum atomic E-state index is 5.84. The van der Waals surface area contributed by atoms with Gasteiger partial charge < -0.3 is 10.2 Å². The second-order valence-electron chi connectivity index (χ2n) is 4.02. The zero-order valence-corrected chi connectivity index (χ0v) is 9.16. The normalized spacial score (nSPS) is 11.4. The Kier molecular flexibility index (Phi) is 1.98. The van der Waals surface area contributed by atoms with Crippen LogP contribution in [-0.4, -0.2) is 0 Å². The summed E-state index contributed by atoms with van der Waals surface area (Å²) in [5, 5.41) is 3.52. The maximum absolute atomic E-state index is 5.84. The summed E-state index contributed by atoms with van der Waals surface area (Å²) in [6.45, 7) is 2.51. The van der Waals surface area contributed by atoms with Gasteiger partial charge in [-0.3, -0.25) is 0 Å². The lowest BCUT2D eigenvalue weighted by Gasteiger charge is -1.97. The van der Waals surface area contributed by atoms with Gasteiger partial charge in [-0.2, -0.15) is 0 Å². The second-order valence-corrected chi connectivity index (χ2v) is 4.02. The third-order valence-corrected chi connectivity index (χ3v) is 3.11. The van der Waals surface area contributed by atoms with Gasteiger partial charge in [0.1, 0.15) is 11.3 Å². The summed E-state index contributed by atoms with van der Waals surface area (Å²) < 4.78 is 5.84. The molecule has 0 spiro atoms. The molecule has 0 atom stereocenters. The van der Waals surface area contributed by atoms with Crippen molar-refractivity contribution in [2.45, 2.75) is 13.5 Å². The van der Waals surface area contributed by atoms with Gasteiger partial charge in [0.25, 0.3) is 0 Å². The quantitative estimate of drug-likeness (QED) is 0.670.